The van der Waals surface area contributed by atoms with Gasteiger partial charge in [-0.25, -0.2) is 16.8 Å². The van der Waals surface area contributed by atoms with Crippen LogP contribution >= 0.6 is 0 Å². The minimum atomic E-state index is -3.74. The largest absolute Gasteiger partial charge is 0.497 e. The summed E-state index contributed by atoms with van der Waals surface area (Å²) >= 11 is 0. The second-order valence-electron chi connectivity index (χ2n) is 7.03. The molecule has 1 amide bonds. The van der Waals surface area contributed by atoms with Crippen molar-refractivity contribution in [2.75, 3.05) is 25.5 Å². The van der Waals surface area contributed by atoms with Gasteiger partial charge in [-0.2, -0.15) is 4.31 Å². The maximum absolute atomic E-state index is 12.9. The number of ether oxygens (including phenoxy) is 1. The highest BCUT2D eigenvalue weighted by Crippen LogP contribution is 2.29. The van der Waals surface area contributed by atoms with E-state index in [9.17, 15) is 21.6 Å². The summed E-state index contributed by atoms with van der Waals surface area (Å²) in [5.74, 6) is 0.324. The molecule has 1 fully saturated rings. The van der Waals surface area contributed by atoms with E-state index in [2.05, 4.69) is 5.32 Å². The van der Waals surface area contributed by atoms with E-state index < -0.39 is 25.1 Å². The number of methoxy groups -OCH3 is 1. The minimum absolute atomic E-state index is 0.105. The number of piperidine rings is 1. The fraction of sp³-hybridized carbons (Fsp3) is 0.350. The van der Waals surface area contributed by atoms with E-state index in [1.165, 1.54) is 54.7 Å². The molecule has 2 aromatic carbocycles. The lowest BCUT2D eigenvalue weighted by Crippen LogP contribution is -2.42. The normalized spacial score (nSPS) is 16.2. The van der Waals surface area contributed by atoms with Gasteiger partial charge in [0.25, 0.3) is 0 Å². The van der Waals surface area contributed by atoms with Crippen LogP contribution in [0.1, 0.15) is 19.8 Å². The van der Waals surface area contributed by atoms with Gasteiger partial charge in [0, 0.05) is 25.7 Å². The first-order chi connectivity index (χ1) is 14.1. The van der Waals surface area contributed by atoms with E-state index in [-0.39, 0.29) is 41.6 Å². The third-order valence-electron chi connectivity index (χ3n) is 5.04. The maximum atomic E-state index is 12.9. The molecular weight excluding hydrogens is 428 g/mol. The summed E-state index contributed by atoms with van der Waals surface area (Å²) < 4.78 is 57.9. The number of sulfone groups is 1. The van der Waals surface area contributed by atoms with Gasteiger partial charge in [0.15, 0.2) is 9.84 Å². The number of nitrogens with zero attached hydrogens (tertiary/aromatic N) is 1. The van der Waals surface area contributed by atoms with Crippen molar-refractivity contribution in [2.45, 2.75) is 34.8 Å². The fourth-order valence-corrected chi connectivity index (χ4v) is 6.60. The summed E-state index contributed by atoms with van der Waals surface area (Å²) in [6.07, 6.45) is 0.440. The predicted molar refractivity (Wildman–Crippen MR) is 113 cm³/mol. The molecule has 0 unspecified atom stereocenters. The third-order valence-corrected chi connectivity index (χ3v) is 9.23. The summed E-state index contributed by atoms with van der Waals surface area (Å²) in [7, 11) is -5.79. The molecule has 10 heteroatoms. The average Bonchev–Trinajstić information content (AvgIpc) is 2.74. The summed E-state index contributed by atoms with van der Waals surface area (Å²) in [5, 5.41) is 1.95. The van der Waals surface area contributed by atoms with Crippen LogP contribution in [-0.4, -0.2) is 52.5 Å². The van der Waals surface area contributed by atoms with Crippen LogP contribution in [0.5, 0.6) is 5.75 Å². The first-order valence-corrected chi connectivity index (χ1v) is 12.4. The van der Waals surface area contributed by atoms with Crippen molar-refractivity contribution >= 4 is 31.5 Å². The van der Waals surface area contributed by atoms with Gasteiger partial charge in [0.2, 0.25) is 15.9 Å². The summed E-state index contributed by atoms with van der Waals surface area (Å²) in [6.45, 7) is 1.61. The lowest BCUT2D eigenvalue weighted by Gasteiger charge is -2.31. The maximum Gasteiger partial charge on any atom is 0.243 e. The molecule has 3 rings (SSSR count). The summed E-state index contributed by atoms with van der Waals surface area (Å²) in [4.78, 5) is 11.4. The number of nitrogens with one attached hydrogen (secondary N) is 1. The van der Waals surface area contributed by atoms with Gasteiger partial charge in [0.1, 0.15) is 5.75 Å². The van der Waals surface area contributed by atoms with Crippen LogP contribution in [0.4, 0.5) is 5.69 Å². The monoisotopic (exact) mass is 452 g/mol. The van der Waals surface area contributed by atoms with E-state index in [0.29, 0.717) is 11.4 Å². The lowest BCUT2D eigenvalue weighted by atomic mass is 10.2. The number of rotatable bonds is 6. The van der Waals surface area contributed by atoms with Crippen LogP contribution in [0.15, 0.2) is 58.3 Å². The van der Waals surface area contributed by atoms with Gasteiger partial charge in [-0.15, -0.1) is 0 Å². The van der Waals surface area contributed by atoms with Crippen molar-refractivity contribution in [1.29, 1.82) is 0 Å². The number of sulfonamides is 1. The highest BCUT2D eigenvalue weighted by Gasteiger charge is 2.35. The van der Waals surface area contributed by atoms with Crippen molar-refractivity contribution in [2.24, 2.45) is 0 Å². The van der Waals surface area contributed by atoms with E-state index in [4.69, 9.17) is 4.74 Å². The Balaban J connectivity index is 1.70. The van der Waals surface area contributed by atoms with E-state index in [1.807, 2.05) is 0 Å². The molecule has 1 N–H and O–H groups in total. The zero-order valence-corrected chi connectivity index (χ0v) is 18.4. The lowest BCUT2D eigenvalue weighted by molar-refractivity contribution is -0.114. The van der Waals surface area contributed by atoms with Gasteiger partial charge in [-0.1, -0.05) is 0 Å². The molecule has 0 aliphatic carbocycles. The first-order valence-electron chi connectivity index (χ1n) is 9.40. The van der Waals surface area contributed by atoms with Crippen molar-refractivity contribution in [3.8, 4) is 5.75 Å². The zero-order valence-electron chi connectivity index (χ0n) is 16.7. The van der Waals surface area contributed by atoms with E-state index in [1.54, 1.807) is 12.1 Å². The number of anilines is 1. The molecule has 0 saturated carbocycles. The molecule has 0 radical (unpaired) electrons. The molecular formula is C20H24N2O6S2. The van der Waals surface area contributed by atoms with Gasteiger partial charge < -0.3 is 10.1 Å². The van der Waals surface area contributed by atoms with Gasteiger partial charge in [-0.05, 0) is 61.4 Å². The highest BCUT2D eigenvalue weighted by atomic mass is 32.2. The Hall–Kier alpha value is -2.43. The Bertz CT molecular complexity index is 1100. The molecule has 1 aliphatic rings. The van der Waals surface area contributed by atoms with Crippen LogP contribution in [0.25, 0.3) is 0 Å². The Morgan fingerprint density at radius 3 is 1.97 bits per heavy atom. The Kier molecular flexibility index (Phi) is 6.49. The number of benzene rings is 2. The smallest absolute Gasteiger partial charge is 0.243 e. The molecule has 30 heavy (non-hydrogen) atoms. The van der Waals surface area contributed by atoms with Crippen LogP contribution in [0.2, 0.25) is 0 Å². The highest BCUT2D eigenvalue weighted by molar-refractivity contribution is 7.92. The van der Waals surface area contributed by atoms with Crippen LogP contribution in [0, 0.1) is 0 Å². The van der Waals surface area contributed by atoms with Crippen molar-refractivity contribution < 1.29 is 26.4 Å². The van der Waals surface area contributed by atoms with Crippen LogP contribution < -0.4 is 10.1 Å². The SMILES string of the molecule is COc1ccc(S(=O)(=O)C2CCN(S(=O)(=O)c3ccc(NC(C)=O)cc3)CC2)cc1. The standard InChI is InChI=1S/C20H24N2O6S2/c1-15(23)21-16-3-7-20(8-4-16)30(26,27)22-13-11-19(12-14-22)29(24,25)18-9-5-17(28-2)6-10-18/h3-10,19H,11-14H2,1-2H3,(H,21,23). The van der Waals surface area contributed by atoms with Gasteiger partial charge >= 0.3 is 0 Å². The molecule has 0 bridgehead atoms. The van der Waals surface area contributed by atoms with Crippen molar-refractivity contribution in [3.05, 3.63) is 48.5 Å². The molecule has 0 spiro atoms. The zero-order chi connectivity index (χ0) is 21.9. The fourth-order valence-electron chi connectivity index (χ4n) is 3.40. The summed E-state index contributed by atoms with van der Waals surface area (Å²) in [5.41, 5.74) is 0.505. The number of hydrogen-bond donors (Lipinski definition) is 1. The van der Waals surface area contributed by atoms with Gasteiger partial charge in [-0.3, -0.25) is 4.79 Å². The number of amides is 1. The third kappa shape index (κ3) is 4.66. The molecule has 1 saturated heterocycles. The molecule has 1 aliphatic heterocycles. The van der Waals surface area contributed by atoms with Crippen molar-refractivity contribution in [3.63, 3.8) is 0 Å². The molecule has 1 heterocycles. The Morgan fingerprint density at radius 2 is 1.47 bits per heavy atom. The number of hydrogen-bond acceptors (Lipinski definition) is 6. The van der Waals surface area contributed by atoms with Gasteiger partial charge in [0.05, 0.1) is 22.2 Å². The molecule has 162 valence electrons. The predicted octanol–water partition coefficient (Wildman–Crippen LogP) is 2.28. The minimum Gasteiger partial charge on any atom is -0.497 e. The topological polar surface area (TPSA) is 110 Å². The number of carbonyl (C=O) groups is 1. The first kappa shape index (κ1) is 22.3. The van der Waals surface area contributed by atoms with Crippen molar-refractivity contribution in [1.82, 2.24) is 4.31 Å². The Morgan fingerprint density at radius 1 is 0.933 bits per heavy atom. The molecule has 0 atom stereocenters. The van der Waals surface area contributed by atoms with E-state index >= 15 is 0 Å². The average molecular weight is 453 g/mol. The quantitative estimate of drug-likeness (QED) is 0.720. The second-order valence-corrected chi connectivity index (χ2v) is 11.2. The molecule has 2 aromatic rings. The summed E-state index contributed by atoms with van der Waals surface area (Å²) in [6, 6.07) is 12.1. The molecule has 0 aromatic heterocycles. The molecule has 8 nitrogen and oxygen atoms in total. The second kappa shape index (κ2) is 8.75. The number of carbonyl (C=O) groups excluding carboxylic acids is 1. The van der Waals surface area contributed by atoms with E-state index in [0.717, 1.165) is 0 Å². The van der Waals surface area contributed by atoms with Crippen LogP contribution in [-0.2, 0) is 24.7 Å². The Labute approximate surface area is 176 Å². The van der Waals surface area contributed by atoms with Crippen LogP contribution in [0.3, 0.4) is 0 Å².